The molecule has 0 aliphatic carbocycles. The van der Waals surface area contributed by atoms with Gasteiger partial charge in [-0.05, 0) is 32.9 Å². The number of methoxy groups -OCH3 is 2. The van der Waals surface area contributed by atoms with Gasteiger partial charge in [-0.1, -0.05) is 0 Å². The zero-order chi connectivity index (χ0) is 15.5. The van der Waals surface area contributed by atoms with Crippen molar-refractivity contribution in [1.29, 1.82) is 0 Å². The highest BCUT2D eigenvalue weighted by atomic mass is 16.5. The number of ether oxygens (including phenoxy) is 2. The third-order valence-electron chi connectivity index (χ3n) is 2.84. The van der Waals surface area contributed by atoms with Crippen molar-refractivity contribution in [2.24, 2.45) is 0 Å². The van der Waals surface area contributed by atoms with Gasteiger partial charge in [0.25, 0.3) is 0 Å². The van der Waals surface area contributed by atoms with E-state index in [0.717, 1.165) is 5.56 Å². The Morgan fingerprint density at radius 2 is 1.67 bits per heavy atom. The molecule has 0 radical (unpaired) electrons. The zero-order valence-electron chi connectivity index (χ0n) is 13.1. The number of hydrogen-bond acceptors (Lipinski definition) is 6. The van der Waals surface area contributed by atoms with E-state index in [9.17, 15) is 0 Å². The summed E-state index contributed by atoms with van der Waals surface area (Å²) in [7, 11) is 3.20. The number of nitrogens with one attached hydrogen (secondary N) is 1. The van der Waals surface area contributed by atoms with Gasteiger partial charge in [-0.25, -0.2) is 0 Å². The predicted molar refractivity (Wildman–Crippen MR) is 79.4 cm³/mol. The molecule has 2 rings (SSSR count). The molecule has 1 aromatic carbocycles. The first kappa shape index (κ1) is 15.3. The zero-order valence-corrected chi connectivity index (χ0v) is 13.1. The van der Waals surface area contributed by atoms with Crippen LogP contribution < -0.4 is 14.8 Å². The summed E-state index contributed by atoms with van der Waals surface area (Å²) in [6.45, 7) is 6.77. The molecule has 0 spiro atoms. The van der Waals surface area contributed by atoms with Crippen molar-refractivity contribution in [3.05, 3.63) is 24.1 Å². The molecular weight excluding hydrogens is 270 g/mol. The average Bonchev–Trinajstić information content (AvgIpc) is 2.92. The Bertz CT molecular complexity index is 580. The van der Waals surface area contributed by atoms with Crippen LogP contribution in [-0.4, -0.2) is 30.0 Å². The fraction of sp³-hybridized carbons (Fsp3) is 0.467. The molecule has 0 amide bonds. The molecule has 0 unspecified atom stereocenters. The minimum absolute atomic E-state index is 0.00613. The van der Waals surface area contributed by atoms with E-state index >= 15 is 0 Å². The highest BCUT2D eigenvalue weighted by molar-refractivity contribution is 5.59. The molecule has 0 bridgehead atoms. The maximum absolute atomic E-state index is 5.67. The summed E-state index contributed by atoms with van der Waals surface area (Å²) in [6, 6.07) is 5.45. The van der Waals surface area contributed by atoms with E-state index in [2.05, 4.69) is 36.3 Å². The molecule has 2 aromatic rings. The molecule has 0 atom stereocenters. The summed E-state index contributed by atoms with van der Waals surface area (Å²) in [5, 5.41) is 11.4. The van der Waals surface area contributed by atoms with E-state index in [-0.39, 0.29) is 5.54 Å². The van der Waals surface area contributed by atoms with Crippen molar-refractivity contribution in [3.63, 3.8) is 0 Å². The van der Waals surface area contributed by atoms with Crippen LogP contribution in [0.25, 0.3) is 11.5 Å². The normalized spacial score (nSPS) is 11.5. The molecule has 6 nitrogen and oxygen atoms in total. The molecule has 0 aliphatic heterocycles. The van der Waals surface area contributed by atoms with E-state index in [0.29, 0.717) is 29.8 Å². The van der Waals surface area contributed by atoms with Crippen LogP contribution in [0.5, 0.6) is 11.5 Å². The Labute approximate surface area is 124 Å². The first-order valence-corrected chi connectivity index (χ1v) is 6.72. The smallest absolute Gasteiger partial charge is 0.248 e. The SMILES string of the molecule is COc1cc(OC)cc(-c2nnc(CNC(C)(C)C)o2)c1. The van der Waals surface area contributed by atoms with Crippen LogP contribution in [0.15, 0.2) is 22.6 Å². The third kappa shape index (κ3) is 4.19. The Morgan fingerprint density at radius 3 is 2.19 bits per heavy atom. The van der Waals surface area contributed by atoms with Gasteiger partial charge in [0.15, 0.2) is 0 Å². The van der Waals surface area contributed by atoms with E-state index in [1.807, 2.05) is 12.1 Å². The molecule has 6 heteroatoms. The van der Waals surface area contributed by atoms with Crippen LogP contribution >= 0.6 is 0 Å². The Balaban J connectivity index is 2.21. The fourth-order valence-corrected chi connectivity index (χ4v) is 1.71. The van der Waals surface area contributed by atoms with Crippen LogP contribution in [0, 0.1) is 0 Å². The maximum atomic E-state index is 5.67. The van der Waals surface area contributed by atoms with Gasteiger partial charge in [0.1, 0.15) is 11.5 Å². The summed E-state index contributed by atoms with van der Waals surface area (Å²) in [6.07, 6.45) is 0. The lowest BCUT2D eigenvalue weighted by molar-refractivity contribution is 0.383. The summed E-state index contributed by atoms with van der Waals surface area (Å²) >= 11 is 0. The van der Waals surface area contributed by atoms with E-state index in [1.165, 1.54) is 0 Å². The third-order valence-corrected chi connectivity index (χ3v) is 2.84. The van der Waals surface area contributed by atoms with Crippen molar-refractivity contribution in [2.75, 3.05) is 14.2 Å². The Hall–Kier alpha value is -2.08. The van der Waals surface area contributed by atoms with Gasteiger partial charge in [-0.2, -0.15) is 0 Å². The molecule has 0 fully saturated rings. The number of nitrogens with zero attached hydrogens (tertiary/aromatic N) is 2. The summed E-state index contributed by atoms with van der Waals surface area (Å²) < 4.78 is 16.1. The van der Waals surface area contributed by atoms with Gasteiger partial charge >= 0.3 is 0 Å². The Morgan fingerprint density at radius 1 is 1.05 bits per heavy atom. The Kier molecular flexibility index (Phi) is 4.47. The van der Waals surface area contributed by atoms with Gasteiger partial charge < -0.3 is 19.2 Å². The second-order valence-electron chi connectivity index (χ2n) is 5.71. The number of rotatable bonds is 5. The monoisotopic (exact) mass is 291 g/mol. The lowest BCUT2D eigenvalue weighted by atomic mass is 10.1. The van der Waals surface area contributed by atoms with E-state index in [1.54, 1.807) is 20.3 Å². The molecule has 0 saturated heterocycles. The molecule has 0 aliphatic rings. The standard InChI is InChI=1S/C15H21N3O3/c1-15(2,3)16-9-13-17-18-14(21-13)10-6-11(19-4)8-12(7-10)20-5/h6-8,16H,9H2,1-5H3. The topological polar surface area (TPSA) is 69.4 Å². The molecular formula is C15H21N3O3. The van der Waals surface area contributed by atoms with Gasteiger partial charge in [-0.3, -0.25) is 0 Å². The molecule has 21 heavy (non-hydrogen) atoms. The second kappa shape index (κ2) is 6.13. The minimum Gasteiger partial charge on any atom is -0.497 e. The van der Waals surface area contributed by atoms with Crippen molar-refractivity contribution in [3.8, 4) is 23.0 Å². The van der Waals surface area contributed by atoms with Crippen molar-refractivity contribution in [2.45, 2.75) is 32.9 Å². The summed E-state index contributed by atoms with van der Waals surface area (Å²) in [4.78, 5) is 0. The first-order chi connectivity index (χ1) is 9.91. The maximum Gasteiger partial charge on any atom is 0.248 e. The molecule has 0 saturated carbocycles. The van der Waals surface area contributed by atoms with Crippen LogP contribution in [-0.2, 0) is 6.54 Å². The molecule has 114 valence electrons. The van der Waals surface area contributed by atoms with Crippen LogP contribution in [0.4, 0.5) is 0 Å². The van der Waals surface area contributed by atoms with E-state index in [4.69, 9.17) is 13.9 Å². The average molecular weight is 291 g/mol. The quantitative estimate of drug-likeness (QED) is 0.913. The largest absolute Gasteiger partial charge is 0.497 e. The fourth-order valence-electron chi connectivity index (χ4n) is 1.71. The highest BCUT2D eigenvalue weighted by Gasteiger charge is 2.14. The second-order valence-corrected chi connectivity index (χ2v) is 5.71. The minimum atomic E-state index is -0.00613. The van der Waals surface area contributed by atoms with Gasteiger partial charge in [-0.15, -0.1) is 10.2 Å². The van der Waals surface area contributed by atoms with Crippen LogP contribution in [0.2, 0.25) is 0 Å². The lowest BCUT2D eigenvalue weighted by Gasteiger charge is -2.18. The van der Waals surface area contributed by atoms with E-state index < -0.39 is 0 Å². The van der Waals surface area contributed by atoms with Crippen LogP contribution in [0.3, 0.4) is 0 Å². The molecule has 1 N–H and O–H groups in total. The van der Waals surface area contributed by atoms with Crippen molar-refractivity contribution < 1.29 is 13.9 Å². The molecule has 1 aromatic heterocycles. The van der Waals surface area contributed by atoms with Gasteiger partial charge in [0, 0.05) is 17.2 Å². The van der Waals surface area contributed by atoms with Crippen molar-refractivity contribution in [1.82, 2.24) is 15.5 Å². The number of aromatic nitrogens is 2. The lowest BCUT2D eigenvalue weighted by Crippen LogP contribution is -2.35. The number of benzene rings is 1. The van der Waals surface area contributed by atoms with Gasteiger partial charge in [0.2, 0.25) is 11.8 Å². The predicted octanol–water partition coefficient (Wildman–Crippen LogP) is 2.64. The van der Waals surface area contributed by atoms with Crippen LogP contribution in [0.1, 0.15) is 26.7 Å². The first-order valence-electron chi connectivity index (χ1n) is 6.72. The summed E-state index contributed by atoms with van der Waals surface area (Å²) in [5.41, 5.74) is 0.758. The highest BCUT2D eigenvalue weighted by Crippen LogP contribution is 2.28. The molecule has 1 heterocycles. The van der Waals surface area contributed by atoms with Gasteiger partial charge in [0.05, 0.1) is 20.8 Å². The summed E-state index contributed by atoms with van der Waals surface area (Å²) in [5.74, 6) is 2.34. The number of hydrogen-bond donors (Lipinski definition) is 1. The van der Waals surface area contributed by atoms with Crippen molar-refractivity contribution >= 4 is 0 Å².